The molecule has 0 fully saturated rings. The summed E-state index contributed by atoms with van der Waals surface area (Å²) in [6, 6.07) is -1.04. The Kier molecular flexibility index (Phi) is 7.01. The first-order chi connectivity index (χ1) is 7.72. The second-order valence-corrected chi connectivity index (χ2v) is 4.58. The Labute approximate surface area is 101 Å². The van der Waals surface area contributed by atoms with Gasteiger partial charge < -0.3 is 10.4 Å². The molecule has 1 atom stereocenters. The van der Waals surface area contributed by atoms with Gasteiger partial charge in [-0.1, -0.05) is 0 Å². The number of halogens is 3. The largest absolute Gasteiger partial charge is 0.480 e. The maximum atomic E-state index is 11.8. The number of nitrogens with one attached hydrogen (secondary N) is 1. The maximum absolute atomic E-state index is 11.8. The second-order valence-electron chi connectivity index (χ2n) is 3.36. The number of rotatable bonds is 7. The number of amides is 1. The van der Waals surface area contributed by atoms with E-state index in [9.17, 15) is 22.8 Å². The van der Waals surface area contributed by atoms with Gasteiger partial charge in [0.25, 0.3) is 0 Å². The minimum Gasteiger partial charge on any atom is -0.480 e. The summed E-state index contributed by atoms with van der Waals surface area (Å²) in [7, 11) is 0. The van der Waals surface area contributed by atoms with Crippen LogP contribution < -0.4 is 5.32 Å². The molecule has 0 saturated heterocycles. The molecule has 1 amide bonds. The molecular formula is C9H14F3NO3S. The quantitative estimate of drug-likeness (QED) is 0.692. The van der Waals surface area contributed by atoms with Crippen LogP contribution in [0, 0.1) is 0 Å². The van der Waals surface area contributed by atoms with Gasteiger partial charge in [-0.25, -0.2) is 4.79 Å². The first-order valence-corrected chi connectivity index (χ1v) is 6.02. The highest BCUT2D eigenvalue weighted by atomic mass is 32.2. The number of alkyl halides is 3. The second kappa shape index (κ2) is 7.41. The van der Waals surface area contributed by atoms with Crippen LogP contribution in [-0.2, 0) is 9.59 Å². The Balaban J connectivity index is 3.76. The lowest BCUT2D eigenvalue weighted by atomic mass is 10.2. The van der Waals surface area contributed by atoms with Crippen molar-refractivity contribution in [3.05, 3.63) is 0 Å². The van der Waals surface area contributed by atoms with E-state index in [2.05, 4.69) is 5.32 Å². The van der Waals surface area contributed by atoms with E-state index in [4.69, 9.17) is 5.11 Å². The van der Waals surface area contributed by atoms with E-state index in [1.807, 2.05) is 0 Å². The van der Waals surface area contributed by atoms with Crippen LogP contribution in [0.2, 0.25) is 0 Å². The smallest absolute Gasteiger partial charge is 0.389 e. The predicted molar refractivity (Wildman–Crippen MR) is 57.9 cm³/mol. The Morgan fingerprint density at radius 2 is 1.94 bits per heavy atom. The average molecular weight is 273 g/mol. The van der Waals surface area contributed by atoms with Gasteiger partial charge in [0.2, 0.25) is 5.91 Å². The van der Waals surface area contributed by atoms with Gasteiger partial charge >= 0.3 is 12.1 Å². The number of thioether (sulfide) groups is 1. The lowest BCUT2D eigenvalue weighted by Gasteiger charge is -2.12. The van der Waals surface area contributed by atoms with E-state index in [1.165, 1.54) is 6.92 Å². The summed E-state index contributed by atoms with van der Waals surface area (Å²) in [5.41, 5.74) is 0. The van der Waals surface area contributed by atoms with Crippen LogP contribution in [0.15, 0.2) is 0 Å². The minimum absolute atomic E-state index is 0.101. The fraction of sp³-hybridized carbons (Fsp3) is 0.778. The molecule has 0 aliphatic rings. The first-order valence-electron chi connectivity index (χ1n) is 4.87. The number of carbonyl (C=O) groups excluding carboxylic acids is 1. The van der Waals surface area contributed by atoms with E-state index >= 15 is 0 Å². The highest BCUT2D eigenvalue weighted by Gasteiger charge is 2.26. The van der Waals surface area contributed by atoms with E-state index in [1.54, 1.807) is 0 Å². The van der Waals surface area contributed by atoms with Crippen molar-refractivity contribution in [3.8, 4) is 0 Å². The van der Waals surface area contributed by atoms with Gasteiger partial charge in [-0.05, 0) is 12.2 Å². The van der Waals surface area contributed by atoms with Crippen molar-refractivity contribution < 1.29 is 27.9 Å². The van der Waals surface area contributed by atoms with E-state index < -0.39 is 30.5 Å². The molecular weight excluding hydrogens is 259 g/mol. The molecule has 0 aliphatic heterocycles. The van der Waals surface area contributed by atoms with Crippen molar-refractivity contribution in [2.75, 3.05) is 11.5 Å². The zero-order valence-electron chi connectivity index (χ0n) is 9.21. The van der Waals surface area contributed by atoms with Gasteiger partial charge in [0.15, 0.2) is 0 Å². The summed E-state index contributed by atoms with van der Waals surface area (Å²) in [4.78, 5) is 21.3. The molecule has 0 aromatic carbocycles. The SMILES string of the molecule is CC(=O)NC(CCSCCC(F)(F)F)C(=O)O. The third-order valence-electron chi connectivity index (χ3n) is 1.76. The van der Waals surface area contributed by atoms with E-state index in [-0.39, 0.29) is 17.9 Å². The van der Waals surface area contributed by atoms with Gasteiger partial charge in [-0.2, -0.15) is 24.9 Å². The van der Waals surface area contributed by atoms with Crippen LogP contribution in [0.3, 0.4) is 0 Å². The van der Waals surface area contributed by atoms with Crippen molar-refractivity contribution in [2.24, 2.45) is 0 Å². The monoisotopic (exact) mass is 273 g/mol. The standard InChI is InChI=1S/C9H14F3NO3S/c1-6(14)13-7(8(15)16)2-4-17-5-3-9(10,11)12/h7H,2-5H2,1H3,(H,13,14)(H,15,16). The molecule has 0 aromatic heterocycles. The molecule has 0 radical (unpaired) electrons. The molecule has 1 unspecified atom stereocenters. The third-order valence-corrected chi connectivity index (χ3v) is 2.77. The zero-order valence-corrected chi connectivity index (χ0v) is 10.0. The lowest BCUT2D eigenvalue weighted by Crippen LogP contribution is -2.39. The Morgan fingerprint density at radius 1 is 1.35 bits per heavy atom. The van der Waals surface area contributed by atoms with Crippen LogP contribution in [0.4, 0.5) is 13.2 Å². The molecule has 0 spiro atoms. The molecule has 100 valence electrons. The third kappa shape index (κ3) is 9.98. The van der Waals surface area contributed by atoms with Gasteiger partial charge in [0.1, 0.15) is 6.04 Å². The number of carboxylic acids is 1. The van der Waals surface area contributed by atoms with Crippen LogP contribution >= 0.6 is 11.8 Å². The van der Waals surface area contributed by atoms with Crippen molar-refractivity contribution in [3.63, 3.8) is 0 Å². The molecule has 4 nitrogen and oxygen atoms in total. The summed E-state index contributed by atoms with van der Waals surface area (Å²) in [6.07, 6.45) is -4.97. The van der Waals surface area contributed by atoms with Crippen LogP contribution in [0.1, 0.15) is 19.8 Å². The Bertz CT molecular complexity index is 271. The molecule has 0 heterocycles. The highest BCUT2D eigenvalue weighted by Crippen LogP contribution is 2.22. The van der Waals surface area contributed by atoms with Crippen LogP contribution in [-0.4, -0.2) is 40.7 Å². The minimum atomic E-state index is -4.18. The molecule has 8 heteroatoms. The van der Waals surface area contributed by atoms with Gasteiger partial charge in [-0.3, -0.25) is 4.79 Å². The molecule has 0 aromatic rings. The van der Waals surface area contributed by atoms with Gasteiger partial charge in [0.05, 0.1) is 6.42 Å². The number of hydrogen-bond donors (Lipinski definition) is 2. The fourth-order valence-electron chi connectivity index (χ4n) is 0.994. The normalized spacial score (nSPS) is 13.2. The zero-order chi connectivity index (χ0) is 13.5. The average Bonchev–Trinajstić information content (AvgIpc) is 2.12. The lowest BCUT2D eigenvalue weighted by molar-refractivity contribution is -0.141. The van der Waals surface area contributed by atoms with Crippen molar-refractivity contribution >= 4 is 23.6 Å². The Morgan fingerprint density at radius 3 is 2.35 bits per heavy atom. The summed E-state index contributed by atoms with van der Waals surface area (Å²) in [5.74, 6) is -1.50. The van der Waals surface area contributed by atoms with Crippen molar-refractivity contribution in [1.82, 2.24) is 5.32 Å². The molecule has 0 saturated carbocycles. The number of carbonyl (C=O) groups is 2. The summed E-state index contributed by atoms with van der Waals surface area (Å²) >= 11 is 1.02. The van der Waals surface area contributed by atoms with Crippen LogP contribution in [0.25, 0.3) is 0 Å². The first kappa shape index (κ1) is 16.1. The molecule has 0 rings (SSSR count). The molecule has 0 bridgehead atoms. The van der Waals surface area contributed by atoms with Gasteiger partial charge in [0, 0.05) is 12.7 Å². The van der Waals surface area contributed by atoms with Crippen molar-refractivity contribution in [2.45, 2.75) is 32.0 Å². The van der Waals surface area contributed by atoms with E-state index in [0.717, 1.165) is 11.8 Å². The number of aliphatic carboxylic acids is 1. The summed E-state index contributed by atoms with van der Waals surface area (Å²) < 4.78 is 35.3. The topological polar surface area (TPSA) is 66.4 Å². The molecule has 0 aliphatic carbocycles. The van der Waals surface area contributed by atoms with Crippen LogP contribution in [0.5, 0.6) is 0 Å². The molecule has 2 N–H and O–H groups in total. The number of carboxylic acid groups (broad SMARTS) is 1. The van der Waals surface area contributed by atoms with Gasteiger partial charge in [-0.15, -0.1) is 0 Å². The fourth-order valence-corrected chi connectivity index (χ4v) is 1.98. The summed E-state index contributed by atoms with van der Waals surface area (Å²) in [5, 5.41) is 10.9. The Hall–Kier alpha value is -0.920. The number of hydrogen-bond acceptors (Lipinski definition) is 3. The highest BCUT2D eigenvalue weighted by molar-refractivity contribution is 7.99. The van der Waals surface area contributed by atoms with E-state index in [0.29, 0.717) is 0 Å². The van der Waals surface area contributed by atoms with Crippen molar-refractivity contribution in [1.29, 1.82) is 0 Å². The predicted octanol–water partition coefficient (Wildman–Crippen LogP) is 1.65. The summed E-state index contributed by atoms with van der Waals surface area (Å²) in [6.45, 7) is 1.19. The molecule has 17 heavy (non-hydrogen) atoms. The maximum Gasteiger partial charge on any atom is 0.389 e.